The van der Waals surface area contributed by atoms with E-state index in [9.17, 15) is 0 Å². The SMILES string of the molecule is Nc1cnc(Cc2ccc(Cl)c(Cl)c2)nc1. The normalized spacial score (nSPS) is 10.4. The molecule has 0 bridgehead atoms. The number of aromatic nitrogens is 2. The summed E-state index contributed by atoms with van der Waals surface area (Å²) in [6, 6.07) is 5.47. The maximum absolute atomic E-state index is 5.91. The van der Waals surface area contributed by atoms with E-state index in [-0.39, 0.29) is 0 Å². The zero-order valence-corrected chi connectivity index (χ0v) is 9.83. The predicted molar refractivity (Wildman–Crippen MR) is 65.7 cm³/mol. The maximum atomic E-state index is 5.91. The van der Waals surface area contributed by atoms with Crippen molar-refractivity contribution in [2.24, 2.45) is 0 Å². The van der Waals surface area contributed by atoms with E-state index in [0.29, 0.717) is 28.0 Å². The van der Waals surface area contributed by atoms with Gasteiger partial charge in [0.15, 0.2) is 0 Å². The molecule has 0 aliphatic carbocycles. The average Bonchev–Trinajstić information content (AvgIpc) is 2.27. The number of nitrogens with two attached hydrogens (primary N) is 1. The van der Waals surface area contributed by atoms with Crippen LogP contribution in [0.3, 0.4) is 0 Å². The Morgan fingerprint density at radius 3 is 2.38 bits per heavy atom. The molecule has 2 rings (SSSR count). The van der Waals surface area contributed by atoms with Crippen molar-refractivity contribution in [1.29, 1.82) is 0 Å². The highest BCUT2D eigenvalue weighted by Gasteiger charge is 2.02. The van der Waals surface area contributed by atoms with Crippen molar-refractivity contribution in [3.05, 3.63) is 52.0 Å². The first kappa shape index (κ1) is 11.2. The van der Waals surface area contributed by atoms with Crippen LogP contribution in [-0.4, -0.2) is 9.97 Å². The van der Waals surface area contributed by atoms with Gasteiger partial charge in [0.2, 0.25) is 0 Å². The predicted octanol–water partition coefficient (Wildman–Crippen LogP) is 2.96. The van der Waals surface area contributed by atoms with E-state index in [1.807, 2.05) is 12.1 Å². The number of nitrogen functional groups attached to an aromatic ring is 1. The summed E-state index contributed by atoms with van der Waals surface area (Å²) in [5.74, 6) is 0.701. The number of hydrogen-bond acceptors (Lipinski definition) is 3. The zero-order valence-electron chi connectivity index (χ0n) is 8.32. The van der Waals surface area contributed by atoms with E-state index in [1.165, 1.54) is 0 Å². The van der Waals surface area contributed by atoms with Gasteiger partial charge < -0.3 is 5.73 Å². The lowest BCUT2D eigenvalue weighted by atomic mass is 10.1. The van der Waals surface area contributed by atoms with Crippen molar-refractivity contribution in [1.82, 2.24) is 9.97 Å². The van der Waals surface area contributed by atoms with Crippen LogP contribution in [0, 0.1) is 0 Å². The Labute approximate surface area is 103 Å². The van der Waals surface area contributed by atoms with E-state index in [1.54, 1.807) is 18.5 Å². The van der Waals surface area contributed by atoms with Crippen LogP contribution >= 0.6 is 23.2 Å². The third kappa shape index (κ3) is 2.62. The van der Waals surface area contributed by atoms with Crippen molar-refractivity contribution < 1.29 is 0 Å². The van der Waals surface area contributed by atoms with E-state index < -0.39 is 0 Å². The maximum Gasteiger partial charge on any atom is 0.132 e. The lowest BCUT2D eigenvalue weighted by Gasteiger charge is -2.02. The lowest BCUT2D eigenvalue weighted by molar-refractivity contribution is 0.971. The molecule has 16 heavy (non-hydrogen) atoms. The van der Waals surface area contributed by atoms with E-state index in [4.69, 9.17) is 28.9 Å². The molecule has 82 valence electrons. The molecule has 0 amide bonds. The van der Waals surface area contributed by atoms with Gasteiger partial charge in [-0.05, 0) is 17.7 Å². The third-order valence-corrected chi connectivity index (χ3v) is 2.81. The van der Waals surface area contributed by atoms with Crippen LogP contribution in [0.1, 0.15) is 11.4 Å². The molecule has 2 N–H and O–H groups in total. The van der Waals surface area contributed by atoms with Gasteiger partial charge in [-0.25, -0.2) is 9.97 Å². The molecule has 0 atom stereocenters. The molecule has 1 aromatic carbocycles. The quantitative estimate of drug-likeness (QED) is 0.896. The first-order chi connectivity index (χ1) is 7.65. The number of rotatable bonds is 2. The summed E-state index contributed by atoms with van der Waals surface area (Å²) >= 11 is 11.7. The van der Waals surface area contributed by atoms with Crippen molar-refractivity contribution in [2.75, 3.05) is 5.73 Å². The molecular formula is C11H9Cl2N3. The minimum absolute atomic E-state index is 0.537. The van der Waals surface area contributed by atoms with Crippen LogP contribution in [0.25, 0.3) is 0 Å². The smallest absolute Gasteiger partial charge is 0.132 e. The summed E-state index contributed by atoms with van der Waals surface area (Å²) in [5.41, 5.74) is 7.07. The molecule has 2 aromatic rings. The minimum Gasteiger partial charge on any atom is -0.396 e. The Morgan fingerprint density at radius 1 is 1.06 bits per heavy atom. The van der Waals surface area contributed by atoms with Crippen molar-refractivity contribution in [2.45, 2.75) is 6.42 Å². The summed E-state index contributed by atoms with van der Waals surface area (Å²) in [6.07, 6.45) is 3.77. The van der Waals surface area contributed by atoms with Gasteiger partial charge in [0, 0.05) is 6.42 Å². The summed E-state index contributed by atoms with van der Waals surface area (Å²) in [7, 11) is 0. The Kier molecular flexibility index (Phi) is 3.27. The fraction of sp³-hybridized carbons (Fsp3) is 0.0909. The second kappa shape index (κ2) is 4.68. The van der Waals surface area contributed by atoms with E-state index in [2.05, 4.69) is 9.97 Å². The highest BCUT2D eigenvalue weighted by molar-refractivity contribution is 6.42. The van der Waals surface area contributed by atoms with Crippen molar-refractivity contribution in [3.8, 4) is 0 Å². The Balaban J connectivity index is 2.20. The second-order valence-corrected chi connectivity index (χ2v) is 4.17. The van der Waals surface area contributed by atoms with Crippen LogP contribution in [-0.2, 0) is 6.42 Å². The Morgan fingerprint density at radius 2 is 1.75 bits per heavy atom. The molecule has 0 aliphatic rings. The largest absolute Gasteiger partial charge is 0.396 e. The first-order valence-corrected chi connectivity index (χ1v) is 5.41. The molecule has 5 heteroatoms. The van der Waals surface area contributed by atoms with Gasteiger partial charge in [0.1, 0.15) is 5.82 Å². The standard InChI is InChI=1S/C11H9Cl2N3/c12-9-2-1-7(3-10(9)13)4-11-15-5-8(14)6-16-11/h1-3,5-6H,4,14H2. The van der Waals surface area contributed by atoms with Gasteiger partial charge >= 0.3 is 0 Å². The fourth-order valence-corrected chi connectivity index (χ4v) is 1.61. The van der Waals surface area contributed by atoms with Crippen molar-refractivity contribution in [3.63, 3.8) is 0 Å². The molecule has 0 fully saturated rings. The molecule has 0 aliphatic heterocycles. The number of hydrogen-bond donors (Lipinski definition) is 1. The highest BCUT2D eigenvalue weighted by Crippen LogP contribution is 2.23. The van der Waals surface area contributed by atoms with E-state index in [0.717, 1.165) is 5.56 Å². The second-order valence-electron chi connectivity index (χ2n) is 3.36. The molecular weight excluding hydrogens is 245 g/mol. The summed E-state index contributed by atoms with van der Waals surface area (Å²) in [5, 5.41) is 1.08. The van der Waals surface area contributed by atoms with Crippen LogP contribution < -0.4 is 5.73 Å². The average molecular weight is 254 g/mol. The molecule has 0 saturated carbocycles. The van der Waals surface area contributed by atoms with E-state index >= 15 is 0 Å². The third-order valence-electron chi connectivity index (χ3n) is 2.07. The molecule has 0 spiro atoms. The molecule has 0 unspecified atom stereocenters. The summed E-state index contributed by atoms with van der Waals surface area (Å²) < 4.78 is 0. The van der Waals surface area contributed by atoms with Gasteiger partial charge in [-0.2, -0.15) is 0 Å². The number of nitrogens with zero attached hydrogens (tertiary/aromatic N) is 2. The van der Waals surface area contributed by atoms with Gasteiger partial charge in [-0.15, -0.1) is 0 Å². The summed E-state index contributed by atoms with van der Waals surface area (Å²) in [6.45, 7) is 0. The van der Waals surface area contributed by atoms with Crippen LogP contribution in [0.4, 0.5) is 5.69 Å². The van der Waals surface area contributed by atoms with Gasteiger partial charge in [0.05, 0.1) is 28.1 Å². The lowest BCUT2D eigenvalue weighted by Crippen LogP contribution is -1.97. The van der Waals surface area contributed by atoms with Crippen LogP contribution in [0.15, 0.2) is 30.6 Å². The molecule has 1 aromatic heterocycles. The van der Waals surface area contributed by atoms with Crippen LogP contribution in [0.5, 0.6) is 0 Å². The Hall–Kier alpha value is -1.32. The molecule has 3 nitrogen and oxygen atoms in total. The summed E-state index contributed by atoms with van der Waals surface area (Å²) in [4.78, 5) is 8.23. The number of halogens is 2. The topological polar surface area (TPSA) is 51.8 Å². The van der Waals surface area contributed by atoms with Gasteiger partial charge in [0.25, 0.3) is 0 Å². The monoisotopic (exact) mass is 253 g/mol. The van der Waals surface area contributed by atoms with Gasteiger partial charge in [-0.1, -0.05) is 29.3 Å². The molecule has 0 saturated heterocycles. The van der Waals surface area contributed by atoms with Crippen LogP contribution in [0.2, 0.25) is 10.0 Å². The Bertz CT molecular complexity index is 497. The first-order valence-electron chi connectivity index (χ1n) is 4.65. The number of anilines is 1. The van der Waals surface area contributed by atoms with Crippen molar-refractivity contribution >= 4 is 28.9 Å². The highest BCUT2D eigenvalue weighted by atomic mass is 35.5. The molecule has 0 radical (unpaired) electrons. The minimum atomic E-state index is 0.537. The molecule has 1 heterocycles. The van der Waals surface area contributed by atoms with Gasteiger partial charge in [-0.3, -0.25) is 0 Å². The zero-order chi connectivity index (χ0) is 11.5. The fourth-order valence-electron chi connectivity index (χ4n) is 1.29. The number of benzene rings is 1.